The third-order valence-corrected chi connectivity index (χ3v) is 3.89. The van der Waals surface area contributed by atoms with Crippen LogP contribution in [0.4, 0.5) is 0 Å². The van der Waals surface area contributed by atoms with Gasteiger partial charge in [-0.15, -0.1) is 6.42 Å². The number of rotatable bonds is 10. The topological polar surface area (TPSA) is 44.8 Å². The monoisotopic (exact) mass is 352 g/mol. The van der Waals surface area contributed by atoms with Crippen LogP contribution in [-0.4, -0.2) is 26.3 Å². The van der Waals surface area contributed by atoms with Crippen molar-refractivity contribution < 1.29 is 19.0 Å². The second-order valence-electron chi connectivity index (χ2n) is 5.78. The summed E-state index contributed by atoms with van der Waals surface area (Å²) in [5, 5.41) is 0. The average molecular weight is 352 g/mol. The van der Waals surface area contributed by atoms with E-state index in [0.29, 0.717) is 13.0 Å². The number of hydrogen-bond donors (Lipinski definition) is 0. The van der Waals surface area contributed by atoms with Crippen molar-refractivity contribution in [1.29, 1.82) is 0 Å². The first kappa shape index (κ1) is 19.4. The summed E-state index contributed by atoms with van der Waals surface area (Å²) >= 11 is 0. The quantitative estimate of drug-likeness (QED) is 0.359. The van der Waals surface area contributed by atoms with Gasteiger partial charge in [-0.2, -0.15) is 0 Å². The molecule has 0 spiro atoms. The largest absolute Gasteiger partial charge is 0.497 e. The van der Waals surface area contributed by atoms with Crippen molar-refractivity contribution in [3.63, 3.8) is 0 Å². The highest BCUT2D eigenvalue weighted by Gasteiger charge is 2.02. The van der Waals surface area contributed by atoms with Gasteiger partial charge in [0.05, 0.1) is 13.7 Å². The minimum Gasteiger partial charge on any atom is -0.497 e. The van der Waals surface area contributed by atoms with Crippen LogP contribution in [0.2, 0.25) is 0 Å². The Hall–Kier alpha value is -2.93. The summed E-state index contributed by atoms with van der Waals surface area (Å²) in [6, 6.07) is 16.0. The van der Waals surface area contributed by atoms with E-state index in [-0.39, 0.29) is 12.6 Å². The van der Waals surface area contributed by atoms with Crippen molar-refractivity contribution >= 4 is 5.97 Å². The number of benzene rings is 2. The van der Waals surface area contributed by atoms with Crippen molar-refractivity contribution in [3.05, 3.63) is 48.5 Å². The highest BCUT2D eigenvalue weighted by atomic mass is 16.5. The molecule has 0 aliphatic rings. The van der Waals surface area contributed by atoms with E-state index in [2.05, 4.69) is 5.92 Å². The molecule has 2 aromatic carbocycles. The first-order chi connectivity index (χ1) is 12.7. The summed E-state index contributed by atoms with van der Waals surface area (Å²) in [4.78, 5) is 11.3. The number of esters is 1. The van der Waals surface area contributed by atoms with E-state index in [1.165, 1.54) is 0 Å². The lowest BCUT2D eigenvalue weighted by Crippen LogP contribution is -2.04. The molecule has 26 heavy (non-hydrogen) atoms. The molecule has 4 heteroatoms. The third kappa shape index (κ3) is 6.52. The van der Waals surface area contributed by atoms with Crippen molar-refractivity contribution in [2.24, 2.45) is 0 Å². The summed E-state index contributed by atoms with van der Waals surface area (Å²) in [7, 11) is 1.66. The second-order valence-corrected chi connectivity index (χ2v) is 5.78. The molecule has 0 atom stereocenters. The van der Waals surface area contributed by atoms with Gasteiger partial charge in [0.15, 0.2) is 6.61 Å². The number of methoxy groups -OCH3 is 1. The fourth-order valence-electron chi connectivity index (χ4n) is 2.46. The van der Waals surface area contributed by atoms with E-state index in [0.717, 1.165) is 41.9 Å². The van der Waals surface area contributed by atoms with Crippen LogP contribution in [0.15, 0.2) is 48.5 Å². The van der Waals surface area contributed by atoms with E-state index in [4.69, 9.17) is 20.6 Å². The van der Waals surface area contributed by atoms with Crippen molar-refractivity contribution in [2.45, 2.75) is 25.7 Å². The zero-order valence-corrected chi connectivity index (χ0v) is 15.1. The molecule has 0 amide bonds. The van der Waals surface area contributed by atoms with Gasteiger partial charge >= 0.3 is 5.97 Å². The van der Waals surface area contributed by atoms with Gasteiger partial charge in [-0.3, -0.25) is 4.79 Å². The Morgan fingerprint density at radius 2 is 1.54 bits per heavy atom. The molecular formula is C22H24O4. The summed E-state index contributed by atoms with van der Waals surface area (Å²) in [5.74, 6) is 3.73. The number of carbonyl (C=O) groups excluding carboxylic acids is 1. The Morgan fingerprint density at radius 1 is 0.923 bits per heavy atom. The summed E-state index contributed by atoms with van der Waals surface area (Å²) in [6.45, 7) is 0.676. The lowest BCUT2D eigenvalue weighted by Gasteiger charge is -2.08. The molecule has 0 aliphatic carbocycles. The van der Waals surface area contributed by atoms with Crippen molar-refractivity contribution in [1.82, 2.24) is 0 Å². The Labute approximate surface area is 155 Å². The zero-order valence-electron chi connectivity index (χ0n) is 15.1. The smallest absolute Gasteiger partial charge is 0.306 e. The zero-order chi connectivity index (χ0) is 18.6. The highest BCUT2D eigenvalue weighted by molar-refractivity contribution is 5.69. The fraction of sp³-hybridized carbons (Fsp3) is 0.318. The van der Waals surface area contributed by atoms with Gasteiger partial charge in [0, 0.05) is 6.42 Å². The average Bonchev–Trinajstić information content (AvgIpc) is 2.69. The van der Waals surface area contributed by atoms with Gasteiger partial charge in [0.2, 0.25) is 0 Å². The minimum atomic E-state index is -0.238. The van der Waals surface area contributed by atoms with Crippen LogP contribution in [0.3, 0.4) is 0 Å². The molecule has 0 bridgehead atoms. The molecule has 0 N–H and O–H groups in total. The van der Waals surface area contributed by atoms with E-state index >= 15 is 0 Å². The summed E-state index contributed by atoms with van der Waals surface area (Å²) < 4.78 is 15.7. The Kier molecular flexibility index (Phi) is 8.08. The molecule has 0 aromatic heterocycles. The molecular weight excluding hydrogens is 328 g/mol. The lowest BCUT2D eigenvalue weighted by molar-refractivity contribution is -0.142. The van der Waals surface area contributed by atoms with Crippen LogP contribution in [0.1, 0.15) is 25.7 Å². The number of carbonyl (C=O) groups is 1. The highest BCUT2D eigenvalue weighted by Crippen LogP contribution is 2.24. The predicted molar refractivity (Wildman–Crippen MR) is 102 cm³/mol. The molecule has 0 aliphatic heterocycles. The second kappa shape index (κ2) is 10.8. The normalized spacial score (nSPS) is 10.0. The maximum Gasteiger partial charge on any atom is 0.306 e. The maximum atomic E-state index is 11.3. The lowest BCUT2D eigenvalue weighted by atomic mass is 10.1. The van der Waals surface area contributed by atoms with Crippen LogP contribution in [0, 0.1) is 12.3 Å². The molecule has 136 valence electrons. The molecule has 0 heterocycles. The molecule has 0 unspecified atom stereocenters. The van der Waals surface area contributed by atoms with Gasteiger partial charge in [0.25, 0.3) is 0 Å². The molecule has 0 saturated carbocycles. The van der Waals surface area contributed by atoms with Crippen molar-refractivity contribution in [3.8, 4) is 35.0 Å². The van der Waals surface area contributed by atoms with Gasteiger partial charge in [-0.1, -0.05) is 30.2 Å². The number of hydrogen-bond acceptors (Lipinski definition) is 4. The van der Waals surface area contributed by atoms with Crippen LogP contribution in [-0.2, 0) is 9.53 Å². The van der Waals surface area contributed by atoms with E-state index in [9.17, 15) is 4.79 Å². The van der Waals surface area contributed by atoms with Crippen LogP contribution < -0.4 is 9.47 Å². The number of terminal acetylenes is 1. The third-order valence-electron chi connectivity index (χ3n) is 3.89. The Bertz CT molecular complexity index is 711. The minimum absolute atomic E-state index is 0.0501. The first-order valence-corrected chi connectivity index (χ1v) is 8.69. The molecule has 0 saturated heterocycles. The summed E-state index contributed by atoms with van der Waals surface area (Å²) in [5.41, 5.74) is 2.26. The SMILES string of the molecule is C#CCOC(=O)CCCCCOc1ccc(-c2ccc(OC)cc2)cc1. The van der Waals surface area contributed by atoms with Crippen molar-refractivity contribution in [2.75, 3.05) is 20.3 Å². The number of ether oxygens (including phenoxy) is 3. The molecule has 0 fully saturated rings. The number of unbranched alkanes of at least 4 members (excludes halogenated alkanes) is 2. The predicted octanol–water partition coefficient (Wildman–Crippen LogP) is 4.48. The summed E-state index contributed by atoms with van der Waals surface area (Å²) in [6.07, 6.45) is 8.02. The molecule has 4 nitrogen and oxygen atoms in total. The molecule has 0 radical (unpaired) electrons. The Balaban J connectivity index is 1.67. The van der Waals surface area contributed by atoms with Gasteiger partial charge < -0.3 is 14.2 Å². The van der Waals surface area contributed by atoms with Crippen LogP contribution in [0.25, 0.3) is 11.1 Å². The van der Waals surface area contributed by atoms with E-state index in [1.54, 1.807) is 7.11 Å². The van der Waals surface area contributed by atoms with E-state index in [1.807, 2.05) is 48.5 Å². The van der Waals surface area contributed by atoms with Gasteiger partial charge in [0.1, 0.15) is 11.5 Å². The Morgan fingerprint density at radius 3 is 2.12 bits per heavy atom. The standard InChI is InChI=1S/C22H24O4/c1-3-16-26-22(23)7-5-4-6-17-25-21-14-10-19(11-15-21)18-8-12-20(24-2)13-9-18/h1,8-15H,4-7,16-17H2,2H3. The molecule has 2 aromatic rings. The van der Waals surface area contributed by atoms with E-state index < -0.39 is 0 Å². The van der Waals surface area contributed by atoms with Gasteiger partial charge in [-0.05, 0) is 54.7 Å². The molecule has 2 rings (SSSR count). The first-order valence-electron chi connectivity index (χ1n) is 8.69. The van der Waals surface area contributed by atoms with Gasteiger partial charge in [-0.25, -0.2) is 0 Å². The van der Waals surface area contributed by atoms with Crippen LogP contribution >= 0.6 is 0 Å². The van der Waals surface area contributed by atoms with Crippen LogP contribution in [0.5, 0.6) is 11.5 Å². The fourth-order valence-corrected chi connectivity index (χ4v) is 2.46. The maximum absolute atomic E-state index is 11.3.